The molecule has 0 unspecified atom stereocenters. The van der Waals surface area contributed by atoms with Gasteiger partial charge in [-0.25, -0.2) is 0 Å². The van der Waals surface area contributed by atoms with E-state index < -0.39 is 0 Å². The van der Waals surface area contributed by atoms with Gasteiger partial charge in [0.15, 0.2) is 5.58 Å². The number of carbonyl (C=O) groups excluding carboxylic acids is 1. The molecule has 21 heavy (non-hydrogen) atoms. The Kier molecular flexibility index (Phi) is 3.79. The van der Waals surface area contributed by atoms with Crippen molar-refractivity contribution in [3.05, 3.63) is 48.7 Å². The zero-order chi connectivity index (χ0) is 14.7. The van der Waals surface area contributed by atoms with Gasteiger partial charge in [0, 0.05) is 16.0 Å². The second kappa shape index (κ2) is 5.88. The molecule has 4 rings (SSSR count). The summed E-state index contributed by atoms with van der Waals surface area (Å²) in [5.41, 5.74) is 8.06. The highest BCUT2D eigenvalue weighted by Gasteiger charge is 2.18. The van der Waals surface area contributed by atoms with Gasteiger partial charge in [-0.3, -0.25) is 4.79 Å². The molecule has 1 aromatic heterocycles. The maximum Gasteiger partial charge on any atom is 0.214 e. The number of nitrogens with zero attached hydrogens (tertiary/aromatic N) is 2. The summed E-state index contributed by atoms with van der Waals surface area (Å²) in [6.07, 6.45) is 2.54. The zero-order valence-electron chi connectivity index (χ0n) is 11.1. The molecule has 106 valence electrons. The third-order valence-corrected chi connectivity index (χ3v) is 4.10. The van der Waals surface area contributed by atoms with Crippen LogP contribution in [0.2, 0.25) is 0 Å². The Hall–Kier alpha value is -2.47. The molecule has 3 aromatic rings. The normalized spacial score (nSPS) is 12.7. The highest BCUT2D eigenvalue weighted by molar-refractivity contribution is 8.00. The van der Waals surface area contributed by atoms with Gasteiger partial charge in [0.1, 0.15) is 0 Å². The summed E-state index contributed by atoms with van der Waals surface area (Å²) in [7, 11) is 0. The molecule has 0 bridgehead atoms. The van der Waals surface area contributed by atoms with Crippen LogP contribution in [0.1, 0.15) is 0 Å². The fourth-order valence-corrected chi connectivity index (χ4v) is 2.95. The number of nitrogen functional groups attached to an aromatic ring is 1. The minimum absolute atomic E-state index is 0.697. The molecular formula is C15H13N3O2S. The number of fused-ring (bicyclic) bond motifs is 2. The Morgan fingerprint density at radius 2 is 2.14 bits per heavy atom. The SMILES string of the molecule is Nc1ccc2c(c1)N(C=O)CS2.c1ccc2oncc2c1. The van der Waals surface area contributed by atoms with Crippen molar-refractivity contribution in [2.75, 3.05) is 16.5 Å². The van der Waals surface area contributed by atoms with Crippen LogP contribution < -0.4 is 10.6 Å². The summed E-state index contributed by atoms with van der Waals surface area (Å²) >= 11 is 1.65. The summed E-state index contributed by atoms with van der Waals surface area (Å²) in [6.45, 7) is 0. The fraction of sp³-hybridized carbons (Fsp3) is 0.0667. The standard InChI is InChI=1S/C8H8N2OS.C7H5NO/c9-6-1-2-8-7(3-6)10(4-11)5-12-8;1-2-4-7-6(3-1)5-8-9-7/h1-4H,5,9H2;1-5H. The molecule has 2 heterocycles. The Morgan fingerprint density at radius 1 is 1.29 bits per heavy atom. The number of amides is 1. The van der Waals surface area contributed by atoms with E-state index in [4.69, 9.17) is 10.3 Å². The number of aromatic nitrogens is 1. The molecule has 0 spiro atoms. The van der Waals surface area contributed by atoms with Crippen LogP contribution in [-0.4, -0.2) is 17.4 Å². The van der Waals surface area contributed by atoms with E-state index in [1.807, 2.05) is 42.5 Å². The number of hydrogen-bond acceptors (Lipinski definition) is 5. The van der Waals surface area contributed by atoms with E-state index in [-0.39, 0.29) is 0 Å². The molecule has 5 nitrogen and oxygen atoms in total. The first-order valence-corrected chi connectivity index (χ1v) is 7.30. The van der Waals surface area contributed by atoms with Crippen molar-refractivity contribution >= 4 is 40.5 Å². The third-order valence-electron chi connectivity index (χ3n) is 3.04. The van der Waals surface area contributed by atoms with Crippen LogP contribution in [0.4, 0.5) is 11.4 Å². The lowest BCUT2D eigenvalue weighted by atomic mass is 10.3. The van der Waals surface area contributed by atoms with Crippen molar-refractivity contribution in [1.82, 2.24) is 5.16 Å². The van der Waals surface area contributed by atoms with Gasteiger partial charge in [0.2, 0.25) is 6.41 Å². The fourth-order valence-electron chi connectivity index (χ4n) is 1.99. The number of benzene rings is 2. The quantitative estimate of drug-likeness (QED) is 0.552. The predicted molar refractivity (Wildman–Crippen MR) is 84.1 cm³/mol. The number of hydrogen-bond donors (Lipinski definition) is 1. The maximum atomic E-state index is 10.6. The van der Waals surface area contributed by atoms with E-state index in [2.05, 4.69) is 5.16 Å². The Morgan fingerprint density at radius 3 is 2.95 bits per heavy atom. The lowest BCUT2D eigenvalue weighted by Crippen LogP contribution is -2.15. The summed E-state index contributed by atoms with van der Waals surface area (Å²) in [6, 6.07) is 13.4. The van der Waals surface area contributed by atoms with Crippen molar-refractivity contribution in [2.45, 2.75) is 4.90 Å². The lowest BCUT2D eigenvalue weighted by molar-refractivity contribution is -0.107. The van der Waals surface area contributed by atoms with Crippen molar-refractivity contribution in [3.63, 3.8) is 0 Å². The first kappa shape index (κ1) is 13.5. The number of nitrogens with two attached hydrogens (primary N) is 1. The van der Waals surface area contributed by atoms with Crippen LogP contribution in [0.15, 0.2) is 58.1 Å². The minimum Gasteiger partial charge on any atom is -0.399 e. The minimum atomic E-state index is 0.697. The van der Waals surface area contributed by atoms with Gasteiger partial charge in [-0.1, -0.05) is 17.3 Å². The summed E-state index contributed by atoms with van der Waals surface area (Å²) in [5, 5.41) is 4.68. The van der Waals surface area contributed by atoms with Crippen molar-refractivity contribution in [2.24, 2.45) is 0 Å². The van der Waals surface area contributed by atoms with Gasteiger partial charge in [0.05, 0.1) is 17.8 Å². The highest BCUT2D eigenvalue weighted by atomic mass is 32.2. The van der Waals surface area contributed by atoms with E-state index in [9.17, 15) is 4.79 Å². The number of rotatable bonds is 1. The molecule has 2 N–H and O–H groups in total. The molecule has 6 heteroatoms. The van der Waals surface area contributed by atoms with E-state index in [0.717, 1.165) is 28.0 Å². The molecule has 1 aliphatic rings. The first-order chi connectivity index (χ1) is 10.3. The van der Waals surface area contributed by atoms with E-state index in [0.29, 0.717) is 11.6 Å². The second-order valence-electron chi connectivity index (χ2n) is 4.44. The van der Waals surface area contributed by atoms with Crippen molar-refractivity contribution in [1.29, 1.82) is 0 Å². The molecule has 0 atom stereocenters. The Labute approximate surface area is 125 Å². The van der Waals surface area contributed by atoms with E-state index in [1.54, 1.807) is 22.9 Å². The third kappa shape index (κ3) is 2.85. The molecule has 2 aromatic carbocycles. The average Bonchev–Trinajstić information content (AvgIpc) is 3.13. The smallest absolute Gasteiger partial charge is 0.214 e. The Balaban J connectivity index is 0.000000131. The molecule has 0 saturated heterocycles. The predicted octanol–water partition coefficient (Wildman–Crippen LogP) is 3.12. The number of anilines is 2. The summed E-state index contributed by atoms with van der Waals surface area (Å²) in [5.74, 6) is 0.697. The van der Waals surface area contributed by atoms with E-state index in [1.165, 1.54) is 0 Å². The molecule has 0 fully saturated rings. The van der Waals surface area contributed by atoms with Crippen LogP contribution in [0.3, 0.4) is 0 Å². The van der Waals surface area contributed by atoms with Gasteiger partial charge >= 0.3 is 0 Å². The zero-order valence-corrected chi connectivity index (χ0v) is 11.9. The molecule has 0 radical (unpaired) electrons. The van der Waals surface area contributed by atoms with Gasteiger partial charge in [-0.2, -0.15) is 0 Å². The molecular weight excluding hydrogens is 286 g/mol. The lowest BCUT2D eigenvalue weighted by Gasteiger charge is -2.08. The van der Waals surface area contributed by atoms with Gasteiger partial charge in [-0.05, 0) is 30.3 Å². The molecule has 0 aliphatic carbocycles. The van der Waals surface area contributed by atoms with E-state index >= 15 is 0 Å². The average molecular weight is 299 g/mol. The number of thioether (sulfide) groups is 1. The molecule has 1 amide bonds. The molecule has 1 aliphatic heterocycles. The topological polar surface area (TPSA) is 72.4 Å². The van der Waals surface area contributed by atoms with Crippen LogP contribution in [0.25, 0.3) is 11.0 Å². The number of carbonyl (C=O) groups is 1. The highest BCUT2D eigenvalue weighted by Crippen LogP contribution is 2.38. The summed E-state index contributed by atoms with van der Waals surface area (Å²) in [4.78, 5) is 13.3. The summed E-state index contributed by atoms with van der Waals surface area (Å²) < 4.78 is 4.87. The van der Waals surface area contributed by atoms with Crippen molar-refractivity contribution in [3.8, 4) is 0 Å². The second-order valence-corrected chi connectivity index (χ2v) is 5.43. The monoisotopic (exact) mass is 299 g/mol. The van der Waals surface area contributed by atoms with Gasteiger partial charge in [-0.15, -0.1) is 11.8 Å². The van der Waals surface area contributed by atoms with Crippen LogP contribution in [0.5, 0.6) is 0 Å². The van der Waals surface area contributed by atoms with Gasteiger partial charge < -0.3 is 15.2 Å². The van der Waals surface area contributed by atoms with Crippen LogP contribution in [0, 0.1) is 0 Å². The Bertz CT molecular complexity index is 742. The van der Waals surface area contributed by atoms with Crippen molar-refractivity contribution < 1.29 is 9.32 Å². The molecule has 0 saturated carbocycles. The van der Waals surface area contributed by atoms with Crippen LogP contribution in [-0.2, 0) is 4.79 Å². The first-order valence-electron chi connectivity index (χ1n) is 6.31. The van der Waals surface area contributed by atoms with Gasteiger partial charge in [0.25, 0.3) is 0 Å². The maximum absolute atomic E-state index is 10.6. The largest absolute Gasteiger partial charge is 0.399 e. The number of para-hydroxylation sites is 1. The van der Waals surface area contributed by atoms with Crippen LogP contribution >= 0.6 is 11.8 Å².